The predicted molar refractivity (Wildman–Crippen MR) is 260 cm³/mol. The second kappa shape index (κ2) is 32.7. The Labute approximate surface area is 385 Å². The Hall–Kier alpha value is -4.94. The molecular weight excluding hydrogens is 807 g/mol. The molecule has 3 aliphatic rings. The molecule has 0 spiro atoms. The van der Waals surface area contributed by atoms with E-state index in [9.17, 15) is 29.4 Å². The first-order valence-electron chi connectivity index (χ1n) is 22.5. The highest BCUT2D eigenvalue weighted by Crippen LogP contribution is 2.37. The normalized spacial score (nSPS) is 16.8. The Morgan fingerprint density at radius 2 is 1.06 bits per heavy atom. The van der Waals surface area contributed by atoms with Crippen LogP contribution in [0.3, 0.4) is 0 Å². The molecule has 0 bridgehead atoms. The summed E-state index contributed by atoms with van der Waals surface area (Å²) < 4.78 is 9.24. The topological polar surface area (TPSA) is 137 Å². The van der Waals surface area contributed by atoms with Gasteiger partial charge in [0.1, 0.15) is 0 Å². The number of nitrogens with zero attached hydrogens (tertiary/aromatic N) is 3. The molecular formula is C53H79N3O8. The first kappa shape index (κ1) is 57.1. The van der Waals surface area contributed by atoms with Crippen molar-refractivity contribution < 1.29 is 38.9 Å². The Kier molecular flexibility index (Phi) is 29.1. The molecule has 6 rings (SSSR count). The molecule has 11 nitrogen and oxygen atoms in total. The number of ether oxygens (including phenoxy) is 2. The lowest BCUT2D eigenvalue weighted by atomic mass is 9.76. The summed E-state index contributed by atoms with van der Waals surface area (Å²) in [7, 11) is 1.72. The van der Waals surface area contributed by atoms with Crippen LogP contribution < -0.4 is 0 Å². The molecule has 11 heteroatoms. The molecule has 354 valence electrons. The number of benzene rings is 3. The first-order valence-corrected chi connectivity index (χ1v) is 22.5. The van der Waals surface area contributed by atoms with Crippen molar-refractivity contribution in [2.75, 3.05) is 72.7 Å². The van der Waals surface area contributed by atoms with Crippen LogP contribution in [0.1, 0.15) is 117 Å². The molecule has 0 saturated heterocycles. The van der Waals surface area contributed by atoms with Gasteiger partial charge in [0.15, 0.2) is 0 Å². The number of amides is 2. The molecule has 1 fully saturated rings. The zero-order chi connectivity index (χ0) is 46.6. The number of hydrogen-bond donors (Lipinski definition) is 2. The van der Waals surface area contributed by atoms with Crippen molar-refractivity contribution in [1.82, 2.24) is 14.7 Å². The second-order valence-corrected chi connectivity index (χ2v) is 15.8. The number of esters is 2. The van der Waals surface area contributed by atoms with Crippen molar-refractivity contribution in [2.45, 2.75) is 100 Å². The lowest BCUT2D eigenvalue weighted by molar-refractivity contribution is -0.156. The molecule has 1 saturated carbocycles. The summed E-state index contributed by atoms with van der Waals surface area (Å²) in [5, 5.41) is 18.7. The number of carbonyl (C=O) groups is 4. The van der Waals surface area contributed by atoms with Gasteiger partial charge in [-0.2, -0.15) is 0 Å². The standard InChI is InChI=1S/C15H19NO2.C14H17NO2.C13H18O.C6H15N.C4H6O3.CH4/c1-12(17)16-9-8-14(11-18-2)15(10-16)13-6-4-3-5-7-13;1-11(17)15-8-7-13(10-16)14(9-15)12-5-3-2-4-6-12;14-10-12-8-4-5-9-13(12)11-6-2-1-3-7-11;1-4-7(5-2)6-3;1-3(5)7-4(2)6;/h3-7H,8-11H2,1-2H3;2-6,16H,7-10H2,1H3;1-3,6-7,12-14H,4-5,8-10H2;4-6H2,1-3H3;1-2H3;1H4. The summed E-state index contributed by atoms with van der Waals surface area (Å²) >= 11 is 0. The van der Waals surface area contributed by atoms with Gasteiger partial charge in [0.05, 0.1) is 13.2 Å². The van der Waals surface area contributed by atoms with Crippen LogP contribution in [0.2, 0.25) is 0 Å². The fourth-order valence-electron chi connectivity index (χ4n) is 7.96. The molecule has 1 aliphatic carbocycles. The fourth-order valence-corrected chi connectivity index (χ4v) is 7.96. The molecule has 64 heavy (non-hydrogen) atoms. The third-order valence-corrected chi connectivity index (χ3v) is 11.6. The average Bonchev–Trinajstić information content (AvgIpc) is 3.30. The zero-order valence-electron chi connectivity index (χ0n) is 39.3. The number of methoxy groups -OCH3 is 1. The molecule has 2 heterocycles. The summed E-state index contributed by atoms with van der Waals surface area (Å²) in [4.78, 5) is 48.6. The molecule has 3 aromatic carbocycles. The SMILES string of the molecule is C.CC(=O)N1CCC(CO)=C(c2ccccc2)C1.CC(=O)OC(C)=O.CCN(CC)CC.COCC1=C(c2ccccc2)CN(C(C)=O)CC1.OCC1CCCCC1c1ccccc1. The highest BCUT2D eigenvalue weighted by molar-refractivity contribution is 5.82. The van der Waals surface area contributed by atoms with E-state index in [1.54, 1.807) is 21.0 Å². The van der Waals surface area contributed by atoms with Gasteiger partial charge in [-0.05, 0) is 96.1 Å². The van der Waals surface area contributed by atoms with Gasteiger partial charge in [0.25, 0.3) is 0 Å². The van der Waals surface area contributed by atoms with E-state index in [1.807, 2.05) is 58.3 Å². The molecule has 2 unspecified atom stereocenters. The van der Waals surface area contributed by atoms with Gasteiger partial charge in [0, 0.05) is 67.6 Å². The zero-order valence-corrected chi connectivity index (χ0v) is 39.3. The van der Waals surface area contributed by atoms with E-state index < -0.39 is 11.9 Å². The van der Waals surface area contributed by atoms with Gasteiger partial charge in [-0.25, -0.2) is 0 Å². The van der Waals surface area contributed by atoms with Crippen LogP contribution >= 0.6 is 0 Å². The lowest BCUT2D eigenvalue weighted by Gasteiger charge is -2.30. The van der Waals surface area contributed by atoms with Gasteiger partial charge in [0.2, 0.25) is 11.8 Å². The van der Waals surface area contributed by atoms with E-state index in [2.05, 4.69) is 72.9 Å². The molecule has 0 radical (unpaired) electrons. The maximum Gasteiger partial charge on any atom is 0.310 e. The summed E-state index contributed by atoms with van der Waals surface area (Å²) in [6, 6.07) is 30.8. The van der Waals surface area contributed by atoms with Crippen LogP contribution in [0.5, 0.6) is 0 Å². The number of aliphatic hydroxyl groups excluding tert-OH is 2. The van der Waals surface area contributed by atoms with Crippen LogP contribution in [0.25, 0.3) is 11.1 Å². The van der Waals surface area contributed by atoms with E-state index in [0.717, 1.165) is 36.1 Å². The molecule has 0 aromatic heterocycles. The van der Waals surface area contributed by atoms with Crippen LogP contribution in [0.15, 0.2) is 102 Å². The van der Waals surface area contributed by atoms with E-state index in [4.69, 9.17) is 4.74 Å². The van der Waals surface area contributed by atoms with Crippen molar-refractivity contribution in [3.8, 4) is 0 Å². The third-order valence-electron chi connectivity index (χ3n) is 11.6. The van der Waals surface area contributed by atoms with Gasteiger partial charge in [-0.1, -0.05) is 132 Å². The summed E-state index contributed by atoms with van der Waals surface area (Å²) in [5.41, 5.74) is 8.38. The highest BCUT2D eigenvalue weighted by Gasteiger charge is 2.26. The Morgan fingerprint density at radius 1 is 0.641 bits per heavy atom. The van der Waals surface area contributed by atoms with Crippen LogP contribution in [-0.2, 0) is 28.7 Å². The molecule has 2 N–H and O–H groups in total. The van der Waals surface area contributed by atoms with Crippen LogP contribution in [-0.4, -0.2) is 121 Å². The number of aliphatic hydroxyl groups is 2. The Bertz CT molecular complexity index is 1830. The quantitative estimate of drug-likeness (QED) is 0.151. The first-order chi connectivity index (χ1) is 30.3. The van der Waals surface area contributed by atoms with Crippen molar-refractivity contribution >= 4 is 34.9 Å². The summed E-state index contributed by atoms with van der Waals surface area (Å²) in [6.45, 7) is 19.6. The predicted octanol–water partition coefficient (Wildman–Crippen LogP) is 9.06. The molecule has 2 aliphatic heterocycles. The van der Waals surface area contributed by atoms with Gasteiger partial charge < -0.3 is 34.4 Å². The van der Waals surface area contributed by atoms with E-state index in [0.29, 0.717) is 44.7 Å². The van der Waals surface area contributed by atoms with Crippen molar-refractivity contribution in [3.63, 3.8) is 0 Å². The fraction of sp³-hybridized carbons (Fsp3) is 0.509. The minimum atomic E-state index is -0.562. The third kappa shape index (κ3) is 20.7. The monoisotopic (exact) mass is 886 g/mol. The highest BCUT2D eigenvalue weighted by atomic mass is 16.6. The smallest absolute Gasteiger partial charge is 0.310 e. The van der Waals surface area contributed by atoms with E-state index in [1.165, 1.54) is 81.4 Å². The lowest BCUT2D eigenvalue weighted by Crippen LogP contribution is -2.35. The largest absolute Gasteiger partial charge is 0.396 e. The minimum Gasteiger partial charge on any atom is -0.396 e. The summed E-state index contributed by atoms with van der Waals surface area (Å²) in [6.07, 6.45) is 6.70. The maximum atomic E-state index is 11.5. The van der Waals surface area contributed by atoms with Crippen molar-refractivity contribution in [3.05, 3.63) is 119 Å². The number of carbonyl (C=O) groups excluding carboxylic acids is 4. The molecule has 3 aromatic rings. The van der Waals surface area contributed by atoms with E-state index in [-0.39, 0.29) is 25.8 Å². The van der Waals surface area contributed by atoms with Gasteiger partial charge in [-0.15, -0.1) is 0 Å². The number of rotatable bonds is 10. The summed E-state index contributed by atoms with van der Waals surface area (Å²) in [5.74, 6) is 0.191. The van der Waals surface area contributed by atoms with Gasteiger partial charge >= 0.3 is 11.9 Å². The van der Waals surface area contributed by atoms with Crippen molar-refractivity contribution in [1.29, 1.82) is 0 Å². The molecule has 2 amide bonds. The minimum absolute atomic E-state index is 0. The van der Waals surface area contributed by atoms with E-state index >= 15 is 0 Å². The Morgan fingerprint density at radius 3 is 1.42 bits per heavy atom. The maximum absolute atomic E-state index is 11.5. The second-order valence-electron chi connectivity index (χ2n) is 15.8. The Balaban J connectivity index is 0.000000418. The molecule has 2 atom stereocenters. The van der Waals surface area contributed by atoms with Gasteiger partial charge in [-0.3, -0.25) is 19.2 Å². The number of hydrogen-bond acceptors (Lipinski definition) is 9. The van der Waals surface area contributed by atoms with Crippen molar-refractivity contribution in [2.24, 2.45) is 5.92 Å². The van der Waals surface area contributed by atoms with Crippen LogP contribution in [0, 0.1) is 5.92 Å². The average molecular weight is 886 g/mol. The van der Waals surface area contributed by atoms with Crippen LogP contribution in [0.4, 0.5) is 0 Å².